The molecule has 0 fully saturated rings. The van der Waals surface area contributed by atoms with Crippen LogP contribution in [0.25, 0.3) is 33.5 Å². The first kappa shape index (κ1) is 29.9. The average molecular weight is 611 g/mol. The zero-order chi connectivity index (χ0) is 30.7. The highest BCUT2D eigenvalue weighted by molar-refractivity contribution is 7.98. The molecule has 0 saturated heterocycles. The molecular formula is C31H26F4N4O3S. The smallest absolute Gasteiger partial charge is 0.416 e. The first-order valence-corrected chi connectivity index (χ1v) is 13.9. The van der Waals surface area contributed by atoms with Crippen LogP contribution in [0.4, 0.5) is 17.6 Å². The Morgan fingerprint density at radius 2 is 1.65 bits per heavy atom. The normalized spacial score (nSPS) is 11.5. The highest BCUT2D eigenvalue weighted by Crippen LogP contribution is 2.42. The van der Waals surface area contributed by atoms with Gasteiger partial charge in [-0.2, -0.15) is 13.2 Å². The Bertz CT molecular complexity index is 1780. The van der Waals surface area contributed by atoms with E-state index in [9.17, 15) is 17.6 Å². The summed E-state index contributed by atoms with van der Waals surface area (Å²) >= 11 is 1.07. The number of methoxy groups -OCH3 is 3. The van der Waals surface area contributed by atoms with E-state index in [2.05, 4.69) is 16.8 Å². The molecule has 3 aromatic carbocycles. The molecule has 0 aliphatic carbocycles. The van der Waals surface area contributed by atoms with E-state index >= 15 is 0 Å². The minimum absolute atomic E-state index is 0.0624. The molecule has 0 spiro atoms. The lowest BCUT2D eigenvalue weighted by Gasteiger charge is -2.15. The molecule has 0 aliphatic rings. The molecule has 0 radical (unpaired) electrons. The zero-order valence-corrected chi connectivity index (χ0v) is 24.2. The Morgan fingerprint density at radius 3 is 2.30 bits per heavy atom. The van der Waals surface area contributed by atoms with Crippen LogP contribution in [0.15, 0.2) is 78.5 Å². The number of allylic oxidation sites excluding steroid dienone is 1. The Hall–Kier alpha value is -4.58. The second-order valence-electron chi connectivity index (χ2n) is 9.28. The van der Waals surface area contributed by atoms with Gasteiger partial charge >= 0.3 is 6.18 Å². The van der Waals surface area contributed by atoms with E-state index in [-0.39, 0.29) is 17.9 Å². The van der Waals surface area contributed by atoms with Gasteiger partial charge in [-0.25, -0.2) is 9.37 Å². The fraction of sp³-hybridized carbons (Fsp3) is 0.194. The number of hydrogen-bond acceptors (Lipinski definition) is 7. The van der Waals surface area contributed by atoms with Crippen molar-refractivity contribution in [1.82, 2.24) is 19.7 Å². The molecule has 0 aliphatic heterocycles. The number of aromatic nitrogens is 4. The number of pyridine rings is 1. The first-order valence-electron chi connectivity index (χ1n) is 12.9. The third-order valence-corrected chi connectivity index (χ3v) is 7.70. The molecule has 2 aromatic heterocycles. The molecule has 0 atom stereocenters. The third-order valence-electron chi connectivity index (χ3n) is 6.68. The summed E-state index contributed by atoms with van der Waals surface area (Å²) in [7, 11) is 4.58. The maximum absolute atomic E-state index is 13.6. The third kappa shape index (κ3) is 6.00. The number of nitrogens with zero attached hydrogens (tertiary/aromatic N) is 4. The number of thioether (sulfide) groups is 1. The lowest BCUT2D eigenvalue weighted by atomic mass is 10.0. The minimum Gasteiger partial charge on any atom is -0.493 e. The summed E-state index contributed by atoms with van der Waals surface area (Å²) in [6, 6.07) is 15.6. The van der Waals surface area contributed by atoms with Crippen molar-refractivity contribution < 1.29 is 31.8 Å². The van der Waals surface area contributed by atoms with Crippen molar-refractivity contribution in [2.45, 2.75) is 23.6 Å². The van der Waals surface area contributed by atoms with Gasteiger partial charge in [0.25, 0.3) is 0 Å². The van der Waals surface area contributed by atoms with Crippen molar-refractivity contribution in [1.29, 1.82) is 0 Å². The van der Waals surface area contributed by atoms with Gasteiger partial charge in [0, 0.05) is 28.8 Å². The Morgan fingerprint density at radius 1 is 0.930 bits per heavy atom. The lowest BCUT2D eigenvalue weighted by molar-refractivity contribution is -0.138. The summed E-state index contributed by atoms with van der Waals surface area (Å²) < 4.78 is 72.7. The Balaban J connectivity index is 1.61. The standard InChI is InChI=1S/C31H26F4N4O3S/c1-5-12-39-29(37-38-30(39)43-17-18-10-11-20(32)15-23(18)31(33,34)35)22-16-25(36-24-9-7-6-8-21(22)24)19-13-26(40-2)28(42-4)27(14-19)41-3/h5-11,13-16H,1,12,17H2,2-4H3. The van der Waals surface area contributed by atoms with E-state index in [1.165, 1.54) is 21.3 Å². The number of alkyl halides is 3. The minimum atomic E-state index is -4.70. The van der Waals surface area contributed by atoms with E-state index in [0.717, 1.165) is 29.3 Å². The molecule has 5 rings (SSSR count). The van der Waals surface area contributed by atoms with Crippen molar-refractivity contribution in [3.05, 3.63) is 90.3 Å². The number of hydrogen-bond donors (Lipinski definition) is 0. The van der Waals surface area contributed by atoms with Crippen molar-refractivity contribution in [3.63, 3.8) is 0 Å². The van der Waals surface area contributed by atoms with Crippen molar-refractivity contribution in [2.75, 3.05) is 21.3 Å². The second kappa shape index (κ2) is 12.3. The molecule has 0 N–H and O–H groups in total. The number of fused-ring (bicyclic) bond motifs is 1. The summed E-state index contributed by atoms with van der Waals surface area (Å²) in [5.41, 5.74) is 1.59. The fourth-order valence-electron chi connectivity index (χ4n) is 4.71. The second-order valence-corrected chi connectivity index (χ2v) is 10.2. The highest BCUT2D eigenvalue weighted by Gasteiger charge is 2.34. The number of ether oxygens (including phenoxy) is 3. The number of halogens is 4. The van der Waals surface area contributed by atoms with Crippen LogP contribution in [-0.2, 0) is 18.5 Å². The Labute approximate surface area is 249 Å². The number of benzene rings is 3. The lowest BCUT2D eigenvalue weighted by Crippen LogP contribution is -2.09. The van der Waals surface area contributed by atoms with Gasteiger partial charge in [-0.1, -0.05) is 42.1 Å². The van der Waals surface area contributed by atoms with Gasteiger partial charge in [0.1, 0.15) is 5.82 Å². The van der Waals surface area contributed by atoms with Gasteiger partial charge in [0.05, 0.1) is 38.1 Å². The van der Waals surface area contributed by atoms with Crippen LogP contribution in [0.3, 0.4) is 0 Å². The maximum atomic E-state index is 13.6. The average Bonchev–Trinajstić information content (AvgIpc) is 3.40. The molecule has 7 nitrogen and oxygen atoms in total. The van der Waals surface area contributed by atoms with Crippen molar-refractivity contribution in [2.24, 2.45) is 0 Å². The van der Waals surface area contributed by atoms with Crippen LogP contribution < -0.4 is 14.2 Å². The van der Waals surface area contributed by atoms with Gasteiger partial charge in [-0.05, 0) is 42.0 Å². The fourth-order valence-corrected chi connectivity index (χ4v) is 5.66. The van der Waals surface area contributed by atoms with Crippen molar-refractivity contribution in [3.8, 4) is 39.9 Å². The van der Waals surface area contributed by atoms with E-state index in [4.69, 9.17) is 19.2 Å². The molecule has 222 valence electrons. The molecular weight excluding hydrogens is 584 g/mol. The SMILES string of the molecule is C=CCn1c(SCc2ccc(F)cc2C(F)(F)F)nnc1-c1cc(-c2cc(OC)c(OC)c(OC)c2)nc2ccccc12. The van der Waals surface area contributed by atoms with E-state index in [0.29, 0.717) is 56.6 Å². The van der Waals surface area contributed by atoms with Crippen molar-refractivity contribution >= 4 is 22.7 Å². The molecule has 2 heterocycles. The summed E-state index contributed by atoms with van der Waals surface area (Å²) in [4.78, 5) is 4.86. The predicted molar refractivity (Wildman–Crippen MR) is 157 cm³/mol. The predicted octanol–water partition coefficient (Wildman–Crippen LogP) is 7.82. The van der Waals surface area contributed by atoms with Crippen LogP contribution in [0, 0.1) is 5.82 Å². The number of para-hydroxylation sites is 1. The van der Waals surface area contributed by atoms with Crippen LogP contribution in [0.1, 0.15) is 11.1 Å². The van der Waals surface area contributed by atoms with E-state index in [1.807, 2.05) is 30.3 Å². The summed E-state index contributed by atoms with van der Waals surface area (Å²) in [5.74, 6) is 0.785. The van der Waals surface area contributed by atoms with Gasteiger partial charge in [0.15, 0.2) is 22.5 Å². The van der Waals surface area contributed by atoms with Crippen LogP contribution in [0.5, 0.6) is 17.2 Å². The molecule has 0 saturated carbocycles. The summed E-state index contributed by atoms with van der Waals surface area (Å²) in [6.07, 6.45) is -3.05. The first-order chi connectivity index (χ1) is 20.7. The molecule has 0 amide bonds. The summed E-state index contributed by atoms with van der Waals surface area (Å²) in [5, 5.41) is 9.94. The van der Waals surface area contributed by atoms with Crippen LogP contribution >= 0.6 is 11.8 Å². The largest absolute Gasteiger partial charge is 0.493 e. The van der Waals surface area contributed by atoms with Gasteiger partial charge in [-0.15, -0.1) is 16.8 Å². The zero-order valence-electron chi connectivity index (χ0n) is 23.4. The van der Waals surface area contributed by atoms with E-state index < -0.39 is 17.6 Å². The maximum Gasteiger partial charge on any atom is 0.416 e. The van der Waals surface area contributed by atoms with E-state index in [1.54, 1.807) is 22.8 Å². The van der Waals surface area contributed by atoms with Gasteiger partial charge in [-0.3, -0.25) is 4.57 Å². The summed E-state index contributed by atoms with van der Waals surface area (Å²) in [6.45, 7) is 4.13. The monoisotopic (exact) mass is 610 g/mol. The molecule has 0 unspecified atom stereocenters. The highest BCUT2D eigenvalue weighted by atomic mass is 32.2. The Kier molecular flexibility index (Phi) is 8.58. The van der Waals surface area contributed by atoms with Gasteiger partial charge in [0.2, 0.25) is 5.75 Å². The quantitative estimate of drug-likeness (QED) is 0.0907. The van der Waals surface area contributed by atoms with Crippen LogP contribution in [-0.4, -0.2) is 41.1 Å². The van der Waals surface area contributed by atoms with Gasteiger partial charge < -0.3 is 14.2 Å². The number of rotatable bonds is 10. The molecule has 43 heavy (non-hydrogen) atoms. The van der Waals surface area contributed by atoms with Crippen LogP contribution in [0.2, 0.25) is 0 Å². The molecule has 5 aromatic rings. The topological polar surface area (TPSA) is 71.3 Å². The molecule has 0 bridgehead atoms. The molecule has 12 heteroatoms.